The maximum Gasteiger partial charge on any atom is 0.233 e. The van der Waals surface area contributed by atoms with Crippen molar-refractivity contribution in [3.63, 3.8) is 0 Å². The van der Waals surface area contributed by atoms with Crippen LogP contribution in [0.15, 0.2) is 18.2 Å². The second kappa shape index (κ2) is 8.61. The highest BCUT2D eigenvalue weighted by molar-refractivity contribution is 5.77. The van der Waals surface area contributed by atoms with Gasteiger partial charge in [-0.15, -0.1) is 0 Å². The van der Waals surface area contributed by atoms with Crippen LogP contribution < -0.4 is 10.6 Å². The number of carbonyl (C=O) groups is 1. The number of carbonyl (C=O) groups excluding carboxylic acids is 1. The first-order valence-corrected chi connectivity index (χ1v) is 6.35. The zero-order valence-electron chi connectivity index (χ0n) is 11.5. The van der Waals surface area contributed by atoms with E-state index in [1.54, 1.807) is 13.2 Å². The normalized spacial score (nSPS) is 10.5. The minimum Gasteiger partial charge on any atom is -0.383 e. The van der Waals surface area contributed by atoms with Crippen molar-refractivity contribution in [1.82, 2.24) is 10.6 Å². The molecule has 0 aliphatic carbocycles. The van der Waals surface area contributed by atoms with Crippen LogP contribution in [0.4, 0.5) is 4.39 Å². The predicted molar refractivity (Wildman–Crippen MR) is 72.6 cm³/mol. The topological polar surface area (TPSA) is 50.4 Å². The number of nitrogens with one attached hydrogen (secondary N) is 2. The molecule has 0 radical (unpaired) electrons. The zero-order chi connectivity index (χ0) is 14.1. The van der Waals surface area contributed by atoms with Crippen molar-refractivity contribution in [2.24, 2.45) is 0 Å². The SMILES string of the molecule is COCCNCC(=O)NCCc1ccc(F)cc1C. The van der Waals surface area contributed by atoms with Gasteiger partial charge in [0, 0.05) is 20.2 Å². The molecule has 1 aromatic carbocycles. The first-order valence-electron chi connectivity index (χ1n) is 6.35. The summed E-state index contributed by atoms with van der Waals surface area (Å²) in [7, 11) is 1.62. The third-order valence-electron chi connectivity index (χ3n) is 2.79. The number of hydrogen-bond donors (Lipinski definition) is 2. The van der Waals surface area contributed by atoms with Crippen LogP contribution in [0, 0.1) is 12.7 Å². The Morgan fingerprint density at radius 1 is 1.37 bits per heavy atom. The van der Waals surface area contributed by atoms with Crippen LogP contribution in [-0.4, -0.2) is 39.3 Å². The number of halogens is 1. The van der Waals surface area contributed by atoms with Crippen molar-refractivity contribution >= 4 is 5.91 Å². The van der Waals surface area contributed by atoms with Crippen LogP contribution in [0.1, 0.15) is 11.1 Å². The number of amides is 1. The van der Waals surface area contributed by atoms with Gasteiger partial charge in [-0.1, -0.05) is 6.07 Å². The number of aryl methyl sites for hydroxylation is 1. The number of benzene rings is 1. The lowest BCUT2D eigenvalue weighted by Crippen LogP contribution is -2.36. The lowest BCUT2D eigenvalue weighted by molar-refractivity contribution is -0.120. The molecule has 0 fully saturated rings. The van der Waals surface area contributed by atoms with E-state index in [2.05, 4.69) is 10.6 Å². The van der Waals surface area contributed by atoms with Gasteiger partial charge in [0.1, 0.15) is 5.82 Å². The van der Waals surface area contributed by atoms with Gasteiger partial charge in [0.05, 0.1) is 13.2 Å². The molecule has 0 aliphatic heterocycles. The summed E-state index contributed by atoms with van der Waals surface area (Å²) in [6, 6.07) is 4.70. The molecule has 4 nitrogen and oxygen atoms in total. The summed E-state index contributed by atoms with van der Waals surface area (Å²) in [4.78, 5) is 11.5. The Hall–Kier alpha value is -1.46. The molecular weight excluding hydrogens is 247 g/mol. The number of methoxy groups -OCH3 is 1. The Bertz CT molecular complexity index is 410. The summed E-state index contributed by atoms with van der Waals surface area (Å²) in [5.74, 6) is -0.275. The van der Waals surface area contributed by atoms with Crippen molar-refractivity contribution in [3.8, 4) is 0 Å². The Labute approximate surface area is 113 Å². The Morgan fingerprint density at radius 2 is 2.16 bits per heavy atom. The van der Waals surface area contributed by atoms with Crippen LogP contribution >= 0.6 is 0 Å². The maximum absolute atomic E-state index is 12.9. The number of ether oxygens (including phenoxy) is 1. The fraction of sp³-hybridized carbons (Fsp3) is 0.500. The molecule has 0 saturated carbocycles. The standard InChI is InChI=1S/C14H21FN2O2/c1-11-9-13(15)4-3-12(11)5-6-17-14(18)10-16-7-8-19-2/h3-4,9,16H,5-8,10H2,1-2H3,(H,17,18). The highest BCUT2D eigenvalue weighted by Gasteiger charge is 2.02. The van der Waals surface area contributed by atoms with Gasteiger partial charge in [-0.3, -0.25) is 4.79 Å². The molecule has 0 aliphatic rings. The molecule has 0 spiro atoms. The number of hydrogen-bond acceptors (Lipinski definition) is 3. The summed E-state index contributed by atoms with van der Waals surface area (Å²) in [6.07, 6.45) is 0.704. The fourth-order valence-corrected chi connectivity index (χ4v) is 1.72. The minimum absolute atomic E-state index is 0.0455. The molecule has 2 N–H and O–H groups in total. The summed E-state index contributed by atoms with van der Waals surface area (Å²) < 4.78 is 17.8. The Morgan fingerprint density at radius 3 is 2.84 bits per heavy atom. The van der Waals surface area contributed by atoms with E-state index >= 15 is 0 Å². The van der Waals surface area contributed by atoms with Gasteiger partial charge in [-0.05, 0) is 36.6 Å². The predicted octanol–water partition coefficient (Wildman–Crippen LogP) is 1.03. The lowest BCUT2D eigenvalue weighted by Gasteiger charge is -2.08. The lowest BCUT2D eigenvalue weighted by atomic mass is 10.1. The number of rotatable bonds is 8. The van der Waals surface area contributed by atoms with Gasteiger partial charge in [0.2, 0.25) is 5.91 Å². The van der Waals surface area contributed by atoms with Crippen LogP contribution in [-0.2, 0) is 16.0 Å². The second-order valence-electron chi connectivity index (χ2n) is 4.34. The molecule has 0 unspecified atom stereocenters. The molecule has 0 bridgehead atoms. The smallest absolute Gasteiger partial charge is 0.233 e. The van der Waals surface area contributed by atoms with Crippen molar-refractivity contribution < 1.29 is 13.9 Å². The Balaban J connectivity index is 2.20. The van der Waals surface area contributed by atoms with Crippen LogP contribution in [0.5, 0.6) is 0 Å². The zero-order valence-corrected chi connectivity index (χ0v) is 11.5. The monoisotopic (exact) mass is 268 g/mol. The first kappa shape index (κ1) is 15.6. The maximum atomic E-state index is 12.9. The molecular formula is C14H21FN2O2. The molecule has 106 valence electrons. The van der Waals surface area contributed by atoms with Gasteiger partial charge in [-0.2, -0.15) is 0 Å². The van der Waals surface area contributed by atoms with Gasteiger partial charge < -0.3 is 15.4 Å². The molecule has 0 atom stereocenters. The first-order chi connectivity index (χ1) is 9.13. The molecule has 1 aromatic rings. The van der Waals surface area contributed by atoms with Gasteiger partial charge in [0.15, 0.2) is 0 Å². The molecule has 19 heavy (non-hydrogen) atoms. The molecule has 0 heterocycles. The Kier molecular flexibility index (Phi) is 7.07. The van der Waals surface area contributed by atoms with E-state index in [1.165, 1.54) is 12.1 Å². The summed E-state index contributed by atoms with van der Waals surface area (Å²) in [5.41, 5.74) is 1.96. The van der Waals surface area contributed by atoms with E-state index < -0.39 is 0 Å². The summed E-state index contributed by atoms with van der Waals surface area (Å²) >= 11 is 0. The molecule has 5 heteroatoms. The van der Waals surface area contributed by atoms with E-state index in [-0.39, 0.29) is 18.3 Å². The van der Waals surface area contributed by atoms with Gasteiger partial charge in [0.25, 0.3) is 0 Å². The average molecular weight is 268 g/mol. The molecule has 1 amide bonds. The van der Waals surface area contributed by atoms with Crippen LogP contribution in [0.25, 0.3) is 0 Å². The van der Waals surface area contributed by atoms with Crippen molar-refractivity contribution in [2.75, 3.05) is 33.4 Å². The van der Waals surface area contributed by atoms with Gasteiger partial charge >= 0.3 is 0 Å². The van der Waals surface area contributed by atoms with Crippen LogP contribution in [0.2, 0.25) is 0 Å². The third kappa shape index (κ3) is 6.31. The molecule has 0 aromatic heterocycles. The van der Waals surface area contributed by atoms with E-state index in [0.717, 1.165) is 11.1 Å². The molecule has 0 saturated heterocycles. The average Bonchev–Trinajstić information content (AvgIpc) is 2.37. The van der Waals surface area contributed by atoms with Crippen LogP contribution in [0.3, 0.4) is 0 Å². The third-order valence-corrected chi connectivity index (χ3v) is 2.79. The summed E-state index contributed by atoms with van der Waals surface area (Å²) in [5, 5.41) is 5.78. The summed E-state index contributed by atoms with van der Waals surface area (Å²) in [6.45, 7) is 3.94. The molecule has 1 rings (SSSR count). The highest BCUT2D eigenvalue weighted by atomic mass is 19.1. The van der Waals surface area contributed by atoms with E-state index in [4.69, 9.17) is 4.74 Å². The fourth-order valence-electron chi connectivity index (χ4n) is 1.72. The minimum atomic E-state index is -0.229. The van der Waals surface area contributed by atoms with E-state index in [1.807, 2.05) is 6.92 Å². The van der Waals surface area contributed by atoms with Gasteiger partial charge in [-0.25, -0.2) is 4.39 Å². The highest BCUT2D eigenvalue weighted by Crippen LogP contribution is 2.10. The van der Waals surface area contributed by atoms with Crippen molar-refractivity contribution in [2.45, 2.75) is 13.3 Å². The van der Waals surface area contributed by atoms with Crippen molar-refractivity contribution in [1.29, 1.82) is 0 Å². The van der Waals surface area contributed by atoms with E-state index in [0.29, 0.717) is 26.1 Å². The van der Waals surface area contributed by atoms with E-state index in [9.17, 15) is 9.18 Å². The second-order valence-corrected chi connectivity index (χ2v) is 4.34. The largest absolute Gasteiger partial charge is 0.383 e. The van der Waals surface area contributed by atoms with Crippen molar-refractivity contribution in [3.05, 3.63) is 35.1 Å². The quantitative estimate of drug-likeness (QED) is 0.692.